The fourth-order valence-corrected chi connectivity index (χ4v) is 11.1. The third-order valence-corrected chi connectivity index (χ3v) is 15.6. The van der Waals surface area contributed by atoms with E-state index in [1.165, 1.54) is 31.3 Å². The number of nitrogens with zero attached hydrogens (tertiary/aromatic N) is 10. The monoisotopic (exact) mass is 1130 g/mol. The number of carbonyl (C=O) groups is 2. The molecule has 0 saturated carbocycles. The van der Waals surface area contributed by atoms with Gasteiger partial charge in [-0.25, -0.2) is 14.8 Å². The molecule has 2 aromatic carbocycles. The average Bonchev–Trinajstić information content (AvgIpc) is 4.29. The first-order valence-electron chi connectivity index (χ1n) is 29.8. The number of allylic oxidation sites excluding steroid dienone is 1. The van der Waals surface area contributed by atoms with Crippen LogP contribution in [0.25, 0.3) is 21.8 Å². The molecule has 0 spiro atoms. The quantitative estimate of drug-likeness (QED) is 0.0544. The number of likely N-dealkylation sites (N-methyl/N-ethyl adjacent to an activating group) is 2. The number of hydrogen-bond donors (Lipinski definition) is 4. The number of carboxylic acids is 2. The molecule has 2 aromatic heterocycles. The maximum atomic E-state index is 12.3. The van der Waals surface area contributed by atoms with Crippen molar-refractivity contribution >= 4 is 57.3 Å². The number of benzene rings is 2. The first kappa shape index (κ1) is 64.7. The number of ether oxygens (including phenoxy) is 2. The third-order valence-electron chi connectivity index (χ3n) is 15.6. The first-order valence-corrected chi connectivity index (χ1v) is 29.8. The summed E-state index contributed by atoms with van der Waals surface area (Å²) in [6.45, 7) is 32.7. The van der Waals surface area contributed by atoms with E-state index >= 15 is 0 Å². The van der Waals surface area contributed by atoms with Gasteiger partial charge in [0.1, 0.15) is 35.7 Å². The van der Waals surface area contributed by atoms with Crippen LogP contribution in [0.5, 0.6) is 11.5 Å². The van der Waals surface area contributed by atoms with Gasteiger partial charge < -0.3 is 59.7 Å². The Bertz CT molecular complexity index is 2890. The SMILES string of the molecule is C=C(C)C.COc1cc2c(NC3CCN(C(C)C)CC3)nc(N(C)C(C(=O)O)C(C)(C)C)nc2cc1C#CCCN1CCCC1.COc1cc2c(NC3CCN(C(C)C)CC3)nc(N(C)CC(=O)O)nc2cc1C#CCCN1CCCC1. The largest absolute Gasteiger partial charge is 0.495 e. The van der Waals surface area contributed by atoms with Gasteiger partial charge in [0.2, 0.25) is 11.9 Å². The van der Waals surface area contributed by atoms with Crippen molar-refractivity contribution in [3.05, 3.63) is 47.5 Å². The molecule has 0 aliphatic carbocycles. The highest BCUT2D eigenvalue weighted by molar-refractivity contribution is 5.94. The van der Waals surface area contributed by atoms with Gasteiger partial charge in [-0.2, -0.15) is 9.97 Å². The molecule has 8 rings (SSSR count). The molecule has 4 fully saturated rings. The molecule has 4 N–H and O–H groups in total. The van der Waals surface area contributed by atoms with Gasteiger partial charge in [-0.3, -0.25) is 4.79 Å². The Morgan fingerprint density at radius 3 is 1.41 bits per heavy atom. The van der Waals surface area contributed by atoms with Gasteiger partial charge >= 0.3 is 11.9 Å². The highest BCUT2D eigenvalue weighted by atomic mass is 16.5. The van der Waals surface area contributed by atoms with Crippen LogP contribution in [0.15, 0.2) is 36.4 Å². The Kier molecular flexibility index (Phi) is 24.3. The molecule has 1 unspecified atom stereocenters. The predicted octanol–water partition coefficient (Wildman–Crippen LogP) is 9.56. The van der Waals surface area contributed by atoms with E-state index in [0.717, 1.165) is 126 Å². The van der Waals surface area contributed by atoms with Crippen molar-refractivity contribution in [2.45, 2.75) is 157 Å². The number of piperidine rings is 2. The van der Waals surface area contributed by atoms with Crippen molar-refractivity contribution < 1.29 is 29.3 Å². The van der Waals surface area contributed by atoms with Gasteiger partial charge in [0.25, 0.3) is 0 Å². The van der Waals surface area contributed by atoms with E-state index < -0.39 is 23.4 Å². The lowest BCUT2D eigenvalue weighted by molar-refractivity contribution is -0.141. The third kappa shape index (κ3) is 18.8. The molecule has 4 aromatic rings. The standard InChI is InChI=1S/C32H48N6O3.C28H40N6O3.C4H8/c1-22(2)38-18-13-24(14-19-38)33-29-25-21-27(41-7)23(12-8-9-15-37-16-10-11-17-37)20-26(25)34-31(35-29)36(6)28(30(39)40)32(3,4)5;1-20(2)34-15-10-22(11-16-34)29-27-23-18-25(37-4)21(9-5-6-12-33-13-7-8-14-33)17-24(23)30-28(31-27)32(3)19-26(35)36;1-4(2)3/h20-22,24,28H,9-11,13-19H2,1-7H3,(H,39,40)(H,33,34,35);17-18,20,22H,6-8,10-16,19H2,1-4H3,(H,35,36)(H,29,30,31);1H2,2-3H3. The van der Waals surface area contributed by atoms with Crippen LogP contribution in [-0.4, -0.2) is 192 Å². The maximum Gasteiger partial charge on any atom is 0.326 e. The van der Waals surface area contributed by atoms with E-state index in [2.05, 4.69) is 88.2 Å². The van der Waals surface area contributed by atoms with Crippen molar-refractivity contribution in [3.8, 4) is 35.2 Å². The highest BCUT2D eigenvalue weighted by Crippen LogP contribution is 2.35. The Hall–Kier alpha value is -6.44. The molecule has 82 heavy (non-hydrogen) atoms. The molecule has 6 heterocycles. The van der Waals surface area contributed by atoms with E-state index in [1.807, 2.05) is 58.9 Å². The summed E-state index contributed by atoms with van der Waals surface area (Å²) in [4.78, 5) is 56.1. The summed E-state index contributed by atoms with van der Waals surface area (Å²) in [6.07, 6.45) is 10.7. The minimum Gasteiger partial charge on any atom is -0.495 e. The number of hydrogen-bond acceptors (Lipinski definition) is 16. The lowest BCUT2D eigenvalue weighted by atomic mass is 9.86. The Morgan fingerprint density at radius 2 is 1.06 bits per heavy atom. The predicted molar refractivity (Wildman–Crippen MR) is 334 cm³/mol. The molecule has 0 radical (unpaired) electrons. The highest BCUT2D eigenvalue weighted by Gasteiger charge is 2.37. The number of anilines is 4. The van der Waals surface area contributed by atoms with Gasteiger partial charge in [0, 0.05) is 101 Å². The Labute approximate surface area is 489 Å². The molecule has 4 saturated heterocycles. The van der Waals surface area contributed by atoms with Crippen LogP contribution in [0.3, 0.4) is 0 Å². The number of carboxylic acid groups (broad SMARTS) is 2. The minimum absolute atomic E-state index is 0.183. The summed E-state index contributed by atoms with van der Waals surface area (Å²) in [5.74, 6) is 14.9. The summed E-state index contributed by atoms with van der Waals surface area (Å²) < 4.78 is 11.5. The zero-order chi connectivity index (χ0) is 59.7. The number of methoxy groups -OCH3 is 2. The molecule has 0 bridgehead atoms. The molecule has 4 aliphatic heterocycles. The molecule has 18 heteroatoms. The van der Waals surface area contributed by atoms with Crippen LogP contribution in [0.2, 0.25) is 0 Å². The number of likely N-dealkylation sites (tertiary alicyclic amines) is 4. The first-order chi connectivity index (χ1) is 39.0. The number of aliphatic carboxylic acids is 2. The average molecular weight is 1130 g/mol. The second kappa shape index (κ2) is 30.7. The zero-order valence-electron chi connectivity index (χ0n) is 51.8. The van der Waals surface area contributed by atoms with E-state index in [4.69, 9.17) is 29.4 Å². The van der Waals surface area contributed by atoms with E-state index in [-0.39, 0.29) is 18.6 Å². The van der Waals surface area contributed by atoms with Gasteiger partial charge in [0.05, 0.1) is 36.4 Å². The van der Waals surface area contributed by atoms with Crippen molar-refractivity contribution in [1.29, 1.82) is 0 Å². The van der Waals surface area contributed by atoms with Gasteiger partial charge in [-0.05, 0) is 149 Å². The number of fused-ring (bicyclic) bond motifs is 2. The smallest absolute Gasteiger partial charge is 0.326 e. The van der Waals surface area contributed by atoms with Gasteiger partial charge in [-0.1, -0.05) is 50.0 Å². The molecule has 0 amide bonds. The summed E-state index contributed by atoms with van der Waals surface area (Å²) >= 11 is 0. The number of rotatable bonds is 18. The maximum absolute atomic E-state index is 12.3. The lowest BCUT2D eigenvalue weighted by Gasteiger charge is -2.36. The van der Waals surface area contributed by atoms with E-state index in [9.17, 15) is 19.8 Å². The Morgan fingerprint density at radius 1 is 0.671 bits per heavy atom. The van der Waals surface area contributed by atoms with Crippen LogP contribution in [0.1, 0.15) is 138 Å². The van der Waals surface area contributed by atoms with Crippen LogP contribution < -0.4 is 29.9 Å². The normalized spacial score (nSPS) is 17.0. The fraction of sp³-hybridized carbons (Fsp3) is 0.625. The molecule has 1 atom stereocenters. The number of aromatic nitrogens is 4. The fourth-order valence-electron chi connectivity index (χ4n) is 11.1. The molecule has 448 valence electrons. The number of nitrogens with one attached hydrogen (secondary N) is 2. The molecule has 18 nitrogen and oxygen atoms in total. The minimum atomic E-state index is -0.930. The van der Waals surface area contributed by atoms with Gasteiger partial charge in [-0.15, -0.1) is 6.58 Å². The summed E-state index contributed by atoms with van der Waals surface area (Å²) in [7, 11) is 6.78. The van der Waals surface area contributed by atoms with Crippen molar-refractivity contribution in [3.63, 3.8) is 0 Å². The molecular weight excluding hydrogens is 1030 g/mol. The van der Waals surface area contributed by atoms with Crippen LogP contribution in [-0.2, 0) is 9.59 Å². The topological polar surface area (TPSA) is 188 Å². The zero-order valence-corrected chi connectivity index (χ0v) is 51.8. The second-order valence-electron chi connectivity index (χ2n) is 24.4. The van der Waals surface area contributed by atoms with Crippen LogP contribution in [0.4, 0.5) is 23.5 Å². The second-order valence-corrected chi connectivity index (χ2v) is 24.4. The summed E-state index contributed by atoms with van der Waals surface area (Å²) in [5.41, 5.74) is 3.62. The van der Waals surface area contributed by atoms with Gasteiger partial charge in [0.15, 0.2) is 0 Å². The van der Waals surface area contributed by atoms with Crippen molar-refractivity contribution in [2.75, 3.05) is 121 Å². The van der Waals surface area contributed by atoms with Crippen molar-refractivity contribution in [2.24, 2.45) is 5.41 Å². The van der Waals surface area contributed by atoms with E-state index in [0.29, 0.717) is 58.1 Å². The Balaban J connectivity index is 0.000000249. The van der Waals surface area contributed by atoms with Crippen LogP contribution >= 0.6 is 0 Å². The molecular formula is C64H96N12O6. The summed E-state index contributed by atoms with van der Waals surface area (Å²) in [6, 6.07) is 8.61. The summed E-state index contributed by atoms with van der Waals surface area (Å²) in [5, 5.41) is 28.4. The van der Waals surface area contributed by atoms with E-state index in [1.54, 1.807) is 38.1 Å². The van der Waals surface area contributed by atoms with Crippen LogP contribution in [0, 0.1) is 29.1 Å². The lowest BCUT2D eigenvalue weighted by Crippen LogP contribution is -2.48. The molecule has 4 aliphatic rings. The van der Waals surface area contributed by atoms with Crippen molar-refractivity contribution in [1.82, 2.24) is 39.5 Å².